The first-order valence-electron chi connectivity index (χ1n) is 7.87. The molecule has 0 radical (unpaired) electrons. The molecule has 120 valence electrons. The minimum Gasteiger partial charge on any atom is -0.396 e. The number of hydrogen-bond acceptors (Lipinski definition) is 4. The Labute approximate surface area is 128 Å². The molecule has 1 rings (SSSR count). The first kappa shape index (κ1) is 18.1. The third-order valence-electron chi connectivity index (χ3n) is 3.47. The SMILES string of the molecule is CCCC(CCO)CNCC(O)COCc1ccccc1. The van der Waals surface area contributed by atoms with E-state index in [-0.39, 0.29) is 6.61 Å². The Morgan fingerprint density at radius 1 is 1.14 bits per heavy atom. The van der Waals surface area contributed by atoms with E-state index in [0.717, 1.165) is 31.4 Å². The summed E-state index contributed by atoms with van der Waals surface area (Å²) < 4.78 is 5.50. The van der Waals surface area contributed by atoms with Crippen LogP contribution in [0, 0.1) is 5.92 Å². The molecule has 3 N–H and O–H groups in total. The van der Waals surface area contributed by atoms with Crippen LogP contribution >= 0.6 is 0 Å². The van der Waals surface area contributed by atoms with E-state index in [4.69, 9.17) is 9.84 Å². The third-order valence-corrected chi connectivity index (χ3v) is 3.47. The van der Waals surface area contributed by atoms with Gasteiger partial charge in [-0.25, -0.2) is 0 Å². The minimum atomic E-state index is -0.495. The van der Waals surface area contributed by atoms with E-state index >= 15 is 0 Å². The van der Waals surface area contributed by atoms with Gasteiger partial charge in [0.2, 0.25) is 0 Å². The molecule has 0 saturated heterocycles. The van der Waals surface area contributed by atoms with Gasteiger partial charge in [-0.1, -0.05) is 43.7 Å². The molecule has 4 nitrogen and oxygen atoms in total. The van der Waals surface area contributed by atoms with Crippen LogP contribution in [0.5, 0.6) is 0 Å². The number of aliphatic hydroxyl groups is 2. The molecule has 4 heteroatoms. The summed E-state index contributed by atoms with van der Waals surface area (Å²) in [6.45, 7) is 4.61. The summed E-state index contributed by atoms with van der Waals surface area (Å²) >= 11 is 0. The largest absolute Gasteiger partial charge is 0.396 e. The predicted molar refractivity (Wildman–Crippen MR) is 85.1 cm³/mol. The minimum absolute atomic E-state index is 0.231. The van der Waals surface area contributed by atoms with Crippen LogP contribution in [0.15, 0.2) is 30.3 Å². The maximum absolute atomic E-state index is 9.86. The topological polar surface area (TPSA) is 61.7 Å². The quantitative estimate of drug-likeness (QED) is 0.551. The van der Waals surface area contributed by atoms with Gasteiger partial charge in [0.15, 0.2) is 0 Å². The number of rotatable bonds is 12. The summed E-state index contributed by atoms with van der Waals surface area (Å²) in [6, 6.07) is 9.95. The van der Waals surface area contributed by atoms with Gasteiger partial charge in [-0.2, -0.15) is 0 Å². The van der Waals surface area contributed by atoms with Gasteiger partial charge in [-0.3, -0.25) is 0 Å². The molecule has 0 aromatic heterocycles. The molecule has 2 atom stereocenters. The second kappa shape index (κ2) is 11.7. The van der Waals surface area contributed by atoms with Crippen LogP contribution < -0.4 is 5.32 Å². The molecular weight excluding hydrogens is 266 g/mol. The molecule has 1 aromatic carbocycles. The highest BCUT2D eigenvalue weighted by Crippen LogP contribution is 2.09. The van der Waals surface area contributed by atoms with E-state index in [1.807, 2.05) is 30.3 Å². The van der Waals surface area contributed by atoms with Crippen molar-refractivity contribution in [2.45, 2.75) is 38.9 Å². The monoisotopic (exact) mass is 295 g/mol. The number of aliphatic hydroxyl groups excluding tert-OH is 2. The average molecular weight is 295 g/mol. The number of nitrogens with one attached hydrogen (secondary N) is 1. The van der Waals surface area contributed by atoms with Gasteiger partial charge in [0, 0.05) is 13.2 Å². The average Bonchev–Trinajstić information content (AvgIpc) is 2.49. The lowest BCUT2D eigenvalue weighted by molar-refractivity contribution is 0.0283. The maximum atomic E-state index is 9.86. The van der Waals surface area contributed by atoms with Crippen molar-refractivity contribution in [2.24, 2.45) is 5.92 Å². The Morgan fingerprint density at radius 2 is 1.90 bits per heavy atom. The van der Waals surface area contributed by atoms with Crippen LogP contribution in [-0.4, -0.2) is 42.6 Å². The smallest absolute Gasteiger partial charge is 0.0897 e. The Bertz CT molecular complexity index is 339. The fourth-order valence-electron chi connectivity index (χ4n) is 2.34. The number of ether oxygens (including phenoxy) is 1. The Balaban J connectivity index is 2.09. The van der Waals surface area contributed by atoms with Gasteiger partial charge in [-0.15, -0.1) is 0 Å². The highest BCUT2D eigenvalue weighted by atomic mass is 16.5. The van der Waals surface area contributed by atoms with Crippen LogP contribution in [0.3, 0.4) is 0 Å². The molecule has 0 saturated carbocycles. The Morgan fingerprint density at radius 3 is 2.57 bits per heavy atom. The summed E-state index contributed by atoms with van der Waals surface area (Å²) in [4.78, 5) is 0. The van der Waals surface area contributed by atoms with Gasteiger partial charge in [0.05, 0.1) is 19.3 Å². The summed E-state index contributed by atoms with van der Waals surface area (Å²) in [7, 11) is 0. The second-order valence-corrected chi connectivity index (χ2v) is 5.48. The molecule has 0 amide bonds. The van der Waals surface area contributed by atoms with Crippen molar-refractivity contribution in [2.75, 3.05) is 26.3 Å². The van der Waals surface area contributed by atoms with E-state index in [1.165, 1.54) is 0 Å². The molecule has 0 spiro atoms. The Hall–Kier alpha value is -0.940. The number of benzene rings is 1. The molecule has 1 aromatic rings. The highest BCUT2D eigenvalue weighted by Gasteiger charge is 2.09. The van der Waals surface area contributed by atoms with Gasteiger partial charge < -0.3 is 20.3 Å². The normalized spacial score (nSPS) is 14.0. The zero-order chi connectivity index (χ0) is 15.3. The van der Waals surface area contributed by atoms with Crippen LogP contribution in [-0.2, 0) is 11.3 Å². The van der Waals surface area contributed by atoms with E-state index in [0.29, 0.717) is 25.7 Å². The zero-order valence-electron chi connectivity index (χ0n) is 13.0. The molecule has 0 fully saturated rings. The van der Waals surface area contributed by atoms with Crippen molar-refractivity contribution in [3.05, 3.63) is 35.9 Å². The first-order chi connectivity index (χ1) is 10.3. The fraction of sp³-hybridized carbons (Fsp3) is 0.647. The lowest BCUT2D eigenvalue weighted by Gasteiger charge is -2.17. The van der Waals surface area contributed by atoms with Crippen molar-refractivity contribution < 1.29 is 14.9 Å². The van der Waals surface area contributed by atoms with Crippen LogP contribution in [0.2, 0.25) is 0 Å². The van der Waals surface area contributed by atoms with Crippen LogP contribution in [0.25, 0.3) is 0 Å². The van der Waals surface area contributed by atoms with Crippen molar-refractivity contribution in [1.29, 1.82) is 0 Å². The van der Waals surface area contributed by atoms with Gasteiger partial charge >= 0.3 is 0 Å². The molecule has 21 heavy (non-hydrogen) atoms. The van der Waals surface area contributed by atoms with E-state index in [9.17, 15) is 5.11 Å². The second-order valence-electron chi connectivity index (χ2n) is 5.48. The Kier molecular flexibility index (Phi) is 10.1. The zero-order valence-corrected chi connectivity index (χ0v) is 13.0. The highest BCUT2D eigenvalue weighted by molar-refractivity contribution is 5.13. The lowest BCUT2D eigenvalue weighted by Crippen LogP contribution is -2.33. The summed E-state index contributed by atoms with van der Waals surface area (Å²) in [5.41, 5.74) is 1.11. The van der Waals surface area contributed by atoms with E-state index < -0.39 is 6.10 Å². The van der Waals surface area contributed by atoms with E-state index in [1.54, 1.807) is 0 Å². The van der Waals surface area contributed by atoms with Crippen molar-refractivity contribution >= 4 is 0 Å². The molecule has 0 bridgehead atoms. The van der Waals surface area contributed by atoms with Gasteiger partial charge in [-0.05, 0) is 30.9 Å². The molecule has 2 unspecified atom stereocenters. The maximum Gasteiger partial charge on any atom is 0.0897 e. The van der Waals surface area contributed by atoms with Crippen molar-refractivity contribution in [3.63, 3.8) is 0 Å². The van der Waals surface area contributed by atoms with Crippen LogP contribution in [0.1, 0.15) is 31.7 Å². The van der Waals surface area contributed by atoms with Crippen molar-refractivity contribution in [1.82, 2.24) is 5.32 Å². The molecule has 0 aliphatic rings. The molecule has 0 heterocycles. The molecule has 0 aliphatic carbocycles. The van der Waals surface area contributed by atoms with Gasteiger partial charge in [0.25, 0.3) is 0 Å². The molecule has 0 aliphatic heterocycles. The third kappa shape index (κ3) is 8.83. The van der Waals surface area contributed by atoms with E-state index in [2.05, 4.69) is 12.2 Å². The lowest BCUT2D eigenvalue weighted by atomic mass is 10.0. The fourth-order valence-corrected chi connectivity index (χ4v) is 2.34. The number of hydrogen-bond donors (Lipinski definition) is 3. The summed E-state index contributed by atoms with van der Waals surface area (Å²) in [6.07, 6.45) is 2.55. The summed E-state index contributed by atoms with van der Waals surface area (Å²) in [5.74, 6) is 0.484. The standard InChI is InChI=1S/C17H29NO3/c1-2-6-15(9-10-19)11-18-12-17(20)14-21-13-16-7-4-3-5-8-16/h3-5,7-8,15,17-20H,2,6,9-14H2,1H3. The first-order valence-corrected chi connectivity index (χ1v) is 7.87. The molecular formula is C17H29NO3. The summed E-state index contributed by atoms with van der Waals surface area (Å²) in [5, 5.41) is 22.1. The van der Waals surface area contributed by atoms with Crippen LogP contribution in [0.4, 0.5) is 0 Å². The van der Waals surface area contributed by atoms with Gasteiger partial charge in [0.1, 0.15) is 0 Å². The predicted octanol–water partition coefficient (Wildman–Crippen LogP) is 1.95. The van der Waals surface area contributed by atoms with Crippen molar-refractivity contribution in [3.8, 4) is 0 Å².